The molecule has 2 fully saturated rings. The zero-order chi connectivity index (χ0) is 48.7. The summed E-state index contributed by atoms with van der Waals surface area (Å²) in [6.45, 7) is 5.63. The fraction of sp³-hybridized carbons (Fsp3) is 0.391. The molecule has 4 aromatic heterocycles. The van der Waals surface area contributed by atoms with E-state index in [1.165, 1.54) is 38.5 Å². The fourth-order valence-corrected chi connectivity index (χ4v) is 8.18. The van der Waals surface area contributed by atoms with Crippen molar-refractivity contribution in [3.8, 4) is 22.3 Å². The molecule has 0 aliphatic carbocycles. The van der Waals surface area contributed by atoms with Crippen LogP contribution in [0.2, 0.25) is 0 Å². The minimum absolute atomic E-state index is 0. The van der Waals surface area contributed by atoms with Crippen molar-refractivity contribution in [2.75, 3.05) is 13.1 Å². The predicted molar refractivity (Wildman–Crippen MR) is 255 cm³/mol. The minimum atomic E-state index is -1.26. The van der Waals surface area contributed by atoms with Gasteiger partial charge >= 0.3 is 5.97 Å². The number of halogens is 3. The number of carbonyl (C=O) groups excluding carboxylic acids is 5. The Morgan fingerprint density at radius 1 is 0.657 bits per heavy atom. The van der Waals surface area contributed by atoms with Gasteiger partial charge in [0.15, 0.2) is 11.6 Å². The van der Waals surface area contributed by atoms with Crippen LogP contribution in [-0.4, -0.2) is 138 Å². The molecule has 21 nitrogen and oxygen atoms in total. The van der Waals surface area contributed by atoms with E-state index >= 15 is 0 Å². The van der Waals surface area contributed by atoms with Gasteiger partial charge in [0.05, 0.1) is 30.5 Å². The van der Waals surface area contributed by atoms with Gasteiger partial charge in [-0.05, 0) is 49.2 Å². The van der Waals surface area contributed by atoms with Gasteiger partial charge in [0, 0.05) is 91.9 Å². The molecule has 6 N–H and O–H groups in total. The minimum Gasteiger partial charge on any atom is -0.481 e. The summed E-state index contributed by atoms with van der Waals surface area (Å²) in [5, 5.41) is 34.2. The molecule has 8 rings (SSSR count). The van der Waals surface area contributed by atoms with Gasteiger partial charge in [-0.1, -0.05) is 27.0 Å². The number of hydrogen-bond acceptors (Lipinski definition) is 15. The van der Waals surface area contributed by atoms with E-state index in [1.54, 1.807) is 62.9 Å². The van der Waals surface area contributed by atoms with Gasteiger partial charge in [0.1, 0.15) is 48.5 Å². The Morgan fingerprint density at radius 3 is 1.37 bits per heavy atom. The van der Waals surface area contributed by atoms with E-state index in [-0.39, 0.29) is 102 Å². The van der Waals surface area contributed by atoms with Crippen molar-refractivity contribution in [3.63, 3.8) is 0 Å². The average molecular weight is 995 g/mol. The van der Waals surface area contributed by atoms with E-state index in [4.69, 9.17) is 15.5 Å². The summed E-state index contributed by atoms with van der Waals surface area (Å²) >= 11 is 0. The fourth-order valence-electron chi connectivity index (χ4n) is 8.18. The molecule has 6 heterocycles. The Labute approximate surface area is 407 Å². The number of amides is 3. The van der Waals surface area contributed by atoms with Crippen molar-refractivity contribution in [1.82, 2.24) is 54.8 Å². The number of nitrogens with two attached hydrogens (primary N) is 1. The number of aryl methyl sites for hydroxylation is 2. The number of carboxylic acid groups (broad SMARTS) is 1. The maximum absolute atomic E-state index is 14.0. The monoisotopic (exact) mass is 994 g/mol. The highest BCUT2D eigenvalue weighted by Gasteiger charge is 2.38. The number of nitrogens with one attached hydrogen (secondary N) is 1. The zero-order valence-corrected chi connectivity index (χ0v) is 38.1. The molecule has 24 heteroatoms. The molecule has 0 spiro atoms. The van der Waals surface area contributed by atoms with Gasteiger partial charge in [0.25, 0.3) is 0 Å². The van der Waals surface area contributed by atoms with Crippen molar-refractivity contribution in [2.24, 2.45) is 5.90 Å². The predicted octanol–water partition coefficient (Wildman–Crippen LogP) is 5.29. The number of ketones is 2. The summed E-state index contributed by atoms with van der Waals surface area (Å²) in [5.41, 5.74) is 6.24. The normalized spacial score (nSPS) is 16.9. The van der Waals surface area contributed by atoms with E-state index in [0.717, 1.165) is 22.3 Å². The first-order valence-corrected chi connectivity index (χ1v) is 20.9. The molecule has 0 radical (unpaired) electrons. The molecular weight excluding hydrogens is 938 g/mol. The molecule has 6 aromatic rings. The maximum Gasteiger partial charge on any atom is 0.305 e. The molecule has 4 atom stereocenters. The van der Waals surface area contributed by atoms with Crippen molar-refractivity contribution in [2.45, 2.75) is 106 Å². The molecule has 0 saturated carbocycles. The number of likely N-dealkylation sites (tertiary alicyclic amines) is 2. The van der Waals surface area contributed by atoms with E-state index in [0.29, 0.717) is 33.5 Å². The van der Waals surface area contributed by atoms with Gasteiger partial charge in [-0.2, -0.15) is 10.2 Å². The van der Waals surface area contributed by atoms with Gasteiger partial charge in [-0.3, -0.25) is 43.3 Å². The van der Waals surface area contributed by atoms with Crippen molar-refractivity contribution >= 4 is 69.5 Å². The third-order valence-corrected chi connectivity index (χ3v) is 11.3. The number of Topliss-reactive ketones (excluding diaryl/α,β-unsaturated/α-hetero) is 2. The smallest absolute Gasteiger partial charge is 0.305 e. The van der Waals surface area contributed by atoms with Crippen molar-refractivity contribution in [3.05, 3.63) is 84.2 Å². The molecule has 2 aromatic carbocycles. The lowest BCUT2D eigenvalue weighted by atomic mass is 10.0. The molecule has 376 valence electrons. The second kappa shape index (κ2) is 24.9. The van der Waals surface area contributed by atoms with Gasteiger partial charge in [-0.15, -0.1) is 12.4 Å². The Bertz CT molecular complexity index is 2830. The summed E-state index contributed by atoms with van der Waals surface area (Å²) in [4.78, 5) is 92.3. The quantitative estimate of drug-likeness (QED) is 0.0592. The van der Waals surface area contributed by atoms with Crippen LogP contribution in [0.5, 0.6) is 0 Å². The lowest BCUT2D eigenvalue weighted by molar-refractivity contribution is -0.140. The highest BCUT2D eigenvalue weighted by Crippen LogP contribution is 2.30. The maximum atomic E-state index is 14.0. The number of aromatic nitrogens is 8. The molecule has 0 unspecified atom stereocenters. The summed E-state index contributed by atoms with van der Waals surface area (Å²) < 4.78 is 30.7. The van der Waals surface area contributed by atoms with Crippen LogP contribution in [0.25, 0.3) is 44.1 Å². The van der Waals surface area contributed by atoms with Gasteiger partial charge in [0.2, 0.25) is 17.7 Å². The lowest BCUT2D eigenvalue weighted by Gasteiger charge is -2.23. The second-order valence-electron chi connectivity index (χ2n) is 16.0. The van der Waals surface area contributed by atoms with Crippen molar-refractivity contribution < 1.29 is 53.1 Å². The van der Waals surface area contributed by atoms with Crippen LogP contribution in [0.4, 0.5) is 8.78 Å². The number of benzene rings is 2. The molecule has 2 aliphatic heterocycles. The molecule has 0 bridgehead atoms. The standard InChI is InChI=1S/C22H23FN6O4.C22H22FN5O4.2CH4.ClH.H3NO/c1-12(30)22-18-5-14(15-8-24-13(2)25-9-15)3-4-19(18)29(26-22)11-21(32)28-10-16(23)6-17(28)7-20(31)27-33;1-12(29)22-18-5-14(15-8-24-13(2)25-9-15)3-4-19(18)28(26-22)11-20(30)27-10-16(23)6-17(27)7-21(31)32;;;;1-2/h3-5,8-9,16-17,33H,6-7,10-11H2,1-2H3,(H,27,31);3-5,8-9,16-17H,6-7,10-11H2,1-2H3,(H,31,32);2*1H4;1H;2H,1H2/t2*16-,17+;;;;/m11..../s1. The lowest BCUT2D eigenvalue weighted by Crippen LogP contribution is -2.40. The number of alkyl halides is 2. The van der Waals surface area contributed by atoms with E-state index < -0.39 is 48.1 Å². The number of carbonyl (C=O) groups is 6. The zero-order valence-electron chi connectivity index (χ0n) is 37.2. The van der Waals surface area contributed by atoms with Crippen molar-refractivity contribution in [1.29, 1.82) is 0 Å². The number of rotatable bonds is 12. The SMILES string of the molecule is C.C.CC(=O)c1nn(CC(=O)N2C[C@H](F)C[C@H]2CC(=O)NO)c2ccc(-c3cnc(C)nc3)cc12.CC(=O)c1nn(CC(=O)N2C[C@H](F)C[C@H]2CC(=O)O)c2ccc(-c3cnc(C)nc3)cc12.Cl.NO. The van der Waals surface area contributed by atoms with E-state index in [2.05, 4.69) is 36.0 Å². The number of hydrogen-bond donors (Lipinski definition) is 5. The van der Waals surface area contributed by atoms with Crippen LogP contribution in [-0.2, 0) is 32.3 Å². The van der Waals surface area contributed by atoms with Crippen LogP contribution in [0.1, 0.15) is 87.0 Å². The topological polar surface area (TPSA) is 295 Å². The van der Waals surface area contributed by atoms with Crippen LogP contribution in [0, 0.1) is 13.8 Å². The summed E-state index contributed by atoms with van der Waals surface area (Å²) in [7, 11) is 0. The molecular formula is C46H57ClF2N12O9. The number of aliphatic carboxylic acids is 1. The summed E-state index contributed by atoms with van der Waals surface area (Å²) in [5.74, 6) is 1.62. The highest BCUT2D eigenvalue weighted by atomic mass is 35.5. The number of fused-ring (bicyclic) bond motifs is 2. The first-order chi connectivity index (χ1) is 32.0. The third kappa shape index (κ3) is 13.1. The molecule has 2 saturated heterocycles. The third-order valence-electron chi connectivity index (χ3n) is 11.3. The Balaban J connectivity index is 0.000000344. The van der Waals surface area contributed by atoms with Crippen LogP contribution in [0.15, 0.2) is 61.2 Å². The first kappa shape index (κ1) is 57.1. The first-order valence-electron chi connectivity index (χ1n) is 20.9. The molecule has 3 amide bonds. The molecule has 70 heavy (non-hydrogen) atoms. The number of nitrogens with zero attached hydrogens (tertiary/aromatic N) is 10. The molecule has 2 aliphatic rings. The average Bonchev–Trinajstić information content (AvgIpc) is 4.07. The number of carboxylic acids is 1. The summed E-state index contributed by atoms with van der Waals surface area (Å²) in [6.07, 6.45) is 3.73. The Kier molecular flexibility index (Phi) is 20.3. The van der Waals surface area contributed by atoms with E-state index in [1.807, 2.05) is 12.1 Å². The Hall–Kier alpha value is -7.21. The van der Waals surface area contributed by atoms with Crippen LogP contribution >= 0.6 is 12.4 Å². The van der Waals surface area contributed by atoms with Crippen LogP contribution < -0.4 is 11.4 Å². The Morgan fingerprint density at radius 2 is 1.03 bits per heavy atom. The largest absolute Gasteiger partial charge is 0.481 e. The summed E-state index contributed by atoms with van der Waals surface area (Å²) in [6, 6.07) is 9.40. The highest BCUT2D eigenvalue weighted by molar-refractivity contribution is 6.07. The van der Waals surface area contributed by atoms with Gasteiger partial charge in [-0.25, -0.2) is 40.1 Å². The number of hydroxylamine groups is 1. The van der Waals surface area contributed by atoms with Crippen LogP contribution in [0.3, 0.4) is 0 Å². The van der Waals surface area contributed by atoms with Gasteiger partial charge < -0.3 is 20.1 Å². The van der Waals surface area contributed by atoms with E-state index in [9.17, 15) is 37.5 Å². The second-order valence-corrected chi connectivity index (χ2v) is 16.0.